The fourth-order valence-electron chi connectivity index (χ4n) is 11.7. The molecule has 0 saturated carbocycles. The fourth-order valence-corrected chi connectivity index (χ4v) is 11.7. The predicted octanol–water partition coefficient (Wildman–Crippen LogP) is 9.97. The summed E-state index contributed by atoms with van der Waals surface area (Å²) in [5.74, 6) is -3.59. The maximum atomic E-state index is 14.8. The van der Waals surface area contributed by atoms with Crippen molar-refractivity contribution >= 4 is 23.9 Å². The molecule has 8 aromatic carbocycles. The van der Waals surface area contributed by atoms with Crippen LogP contribution in [-0.4, -0.2) is 148 Å². The first kappa shape index (κ1) is 66.2. The summed E-state index contributed by atoms with van der Waals surface area (Å²) in [6, 6.07) is 69.8. The third-order valence-electron chi connectivity index (χ3n) is 16.5. The zero-order valence-electron chi connectivity index (χ0n) is 51.8. The van der Waals surface area contributed by atoms with Crippen LogP contribution >= 0.6 is 0 Å². The van der Waals surface area contributed by atoms with Gasteiger partial charge < -0.3 is 76.2 Å². The molecule has 0 aromatic heterocycles. The van der Waals surface area contributed by atoms with Crippen LogP contribution in [-0.2, 0) is 90.9 Å². The van der Waals surface area contributed by atoms with E-state index in [1.807, 2.05) is 121 Å². The van der Waals surface area contributed by atoms with E-state index in [9.17, 15) is 24.3 Å². The molecule has 95 heavy (non-hydrogen) atoms. The molecule has 4 aliphatic rings. The second-order valence-electron chi connectivity index (χ2n) is 22.9. The van der Waals surface area contributed by atoms with Gasteiger partial charge in [0.1, 0.15) is 61.5 Å². The van der Waals surface area contributed by atoms with Crippen molar-refractivity contribution in [3.05, 3.63) is 287 Å². The zero-order chi connectivity index (χ0) is 65.3. The van der Waals surface area contributed by atoms with Crippen LogP contribution < -0.4 is 0 Å². The molecule has 16 atom stereocenters. The average molecular weight is 1290 g/mol. The molecule has 20 nitrogen and oxygen atoms in total. The average Bonchev–Trinajstić information content (AvgIpc) is 0.769. The number of hydrogen-bond acceptors (Lipinski definition) is 20. The minimum atomic E-state index is -1.96. The zero-order valence-corrected chi connectivity index (χ0v) is 51.8. The molecule has 4 fully saturated rings. The summed E-state index contributed by atoms with van der Waals surface area (Å²) in [4.78, 5) is 58.0. The molecule has 8 aromatic rings. The minimum Gasteiger partial charge on any atom is -0.459 e. The third kappa shape index (κ3) is 16.8. The predicted molar refractivity (Wildman–Crippen MR) is 339 cm³/mol. The van der Waals surface area contributed by atoms with Crippen LogP contribution in [0.5, 0.6) is 0 Å². The maximum absolute atomic E-state index is 14.8. The number of fused-ring (bicyclic) bond motifs is 1. The van der Waals surface area contributed by atoms with Gasteiger partial charge in [-0.25, -0.2) is 19.2 Å². The Bertz CT molecular complexity index is 3680. The van der Waals surface area contributed by atoms with E-state index in [-0.39, 0.29) is 55.3 Å². The van der Waals surface area contributed by atoms with Gasteiger partial charge in [0, 0.05) is 12.7 Å². The highest BCUT2D eigenvalue weighted by atomic mass is 16.8. The first-order chi connectivity index (χ1) is 46.6. The van der Waals surface area contributed by atoms with E-state index in [1.54, 1.807) is 84.9 Å². The summed E-state index contributed by atoms with van der Waals surface area (Å²) in [5, 5.41) is 13.3. The topological polar surface area (TPSA) is 227 Å². The molecule has 4 heterocycles. The van der Waals surface area contributed by atoms with Gasteiger partial charge in [-0.2, -0.15) is 0 Å². The molecule has 1 N–H and O–H groups in total. The molecular formula is C75H72O20. The standard InChI is InChI=1S/C75H72O20/c1-81-73-66(84-44-50-30-14-4-15-31-50)64(83-43-49-28-12-3-13-29-49)61(56(87-73)45-82-42-48-26-10-2-11-27-48)94-74-63(59(76)60-57(88-74)47-86-72(93-60)55-40-24-9-25-41-55)95-75-67(92-71(80)54-38-22-8-23-39-54)65(91-70(79)53-36-20-7-21-37-53)62(90-69(78)52-34-18-6-19-35-52)58(89-75)46-85-68(77)51-32-16-5-17-33-51/h2-41,56-67,72-76H,42-47H2,1H3/t56-,57-,58-,59+,60-,61+,62-,63-,64+,65+,66-,67-,72-,73-,74+,75+/m1/s1. The first-order valence-electron chi connectivity index (χ1n) is 31.4. The number of carbonyl (C=O) groups excluding carboxylic acids is 4. The Morgan fingerprint density at radius 2 is 0.811 bits per heavy atom. The Labute approximate surface area is 549 Å². The lowest BCUT2D eigenvalue weighted by atomic mass is 9.95. The van der Waals surface area contributed by atoms with E-state index in [0.29, 0.717) is 5.56 Å². The normalized spacial score (nSPS) is 27.2. The Hall–Kier alpha value is -8.84. The molecular weight excluding hydrogens is 1220 g/mol. The Morgan fingerprint density at radius 3 is 1.33 bits per heavy atom. The van der Waals surface area contributed by atoms with Gasteiger partial charge in [0.25, 0.3) is 0 Å². The molecule has 4 saturated heterocycles. The molecule has 0 unspecified atom stereocenters. The lowest BCUT2D eigenvalue weighted by molar-refractivity contribution is -0.410. The van der Waals surface area contributed by atoms with Gasteiger partial charge in [0.2, 0.25) is 0 Å². The highest BCUT2D eigenvalue weighted by Gasteiger charge is 2.59. The monoisotopic (exact) mass is 1290 g/mol. The van der Waals surface area contributed by atoms with Crippen molar-refractivity contribution in [1.82, 2.24) is 0 Å². The van der Waals surface area contributed by atoms with Crippen molar-refractivity contribution in [2.75, 3.05) is 26.9 Å². The van der Waals surface area contributed by atoms with Crippen molar-refractivity contribution in [2.24, 2.45) is 0 Å². The van der Waals surface area contributed by atoms with E-state index in [1.165, 1.54) is 43.5 Å². The summed E-state index contributed by atoms with van der Waals surface area (Å²) < 4.78 is 99.9. The maximum Gasteiger partial charge on any atom is 0.338 e. The summed E-state index contributed by atoms with van der Waals surface area (Å²) >= 11 is 0. The number of benzene rings is 8. The number of ether oxygens (including phenoxy) is 15. The van der Waals surface area contributed by atoms with Crippen molar-refractivity contribution in [3.63, 3.8) is 0 Å². The molecule has 4 aliphatic heterocycles. The highest BCUT2D eigenvalue weighted by Crippen LogP contribution is 2.41. The Morgan fingerprint density at radius 1 is 0.400 bits per heavy atom. The molecule has 492 valence electrons. The number of esters is 4. The number of carbonyl (C=O) groups is 4. The van der Waals surface area contributed by atoms with Crippen molar-refractivity contribution < 1.29 is 95.3 Å². The van der Waals surface area contributed by atoms with Gasteiger partial charge in [-0.3, -0.25) is 0 Å². The van der Waals surface area contributed by atoms with Crippen molar-refractivity contribution in [3.8, 4) is 0 Å². The van der Waals surface area contributed by atoms with Gasteiger partial charge in [-0.15, -0.1) is 0 Å². The van der Waals surface area contributed by atoms with Gasteiger partial charge in [0.15, 0.2) is 43.5 Å². The van der Waals surface area contributed by atoms with Crippen molar-refractivity contribution in [2.45, 2.75) is 118 Å². The minimum absolute atomic E-state index is 0.0473. The smallest absolute Gasteiger partial charge is 0.338 e. The molecule has 12 rings (SSSR count). The van der Waals surface area contributed by atoms with E-state index in [4.69, 9.17) is 71.1 Å². The van der Waals surface area contributed by atoms with Crippen LogP contribution in [0.4, 0.5) is 0 Å². The second-order valence-corrected chi connectivity index (χ2v) is 22.9. The van der Waals surface area contributed by atoms with Gasteiger partial charge in [0.05, 0.1) is 55.3 Å². The SMILES string of the molecule is CO[C@@H]1O[C@H](COCc2ccccc2)[C@H](O[C@@H]2O[C@@H]3CO[C@@H](c4ccccc4)O[C@H]3[C@H](O)[C@H]2O[C@@H]2O[C@H](COC(=O)c3ccccc3)[C@@H](OC(=O)c3ccccc3)[C@H](OC(=O)c3ccccc3)[C@H]2OC(=O)c2ccccc2)[C@H](OCc2ccccc2)[C@H]1OCc1ccccc1. The Balaban J connectivity index is 0.972. The van der Waals surface area contributed by atoms with Gasteiger partial charge in [-0.05, 0) is 65.2 Å². The van der Waals surface area contributed by atoms with Crippen LogP contribution in [0.1, 0.15) is 70.0 Å². The van der Waals surface area contributed by atoms with Gasteiger partial charge in [-0.1, -0.05) is 194 Å². The van der Waals surface area contributed by atoms with Crippen LogP contribution in [0.2, 0.25) is 0 Å². The molecule has 0 spiro atoms. The quantitative estimate of drug-likeness (QED) is 0.0415. The Kier molecular flexibility index (Phi) is 22.7. The molecule has 20 heteroatoms. The highest BCUT2D eigenvalue weighted by molar-refractivity contribution is 5.91. The molecule has 0 aliphatic carbocycles. The van der Waals surface area contributed by atoms with E-state index in [2.05, 4.69) is 0 Å². The largest absolute Gasteiger partial charge is 0.459 e. The van der Waals surface area contributed by atoms with Gasteiger partial charge >= 0.3 is 23.9 Å². The number of aliphatic hydroxyl groups excluding tert-OH is 1. The number of hydrogen-bond donors (Lipinski definition) is 1. The van der Waals surface area contributed by atoms with E-state index >= 15 is 0 Å². The molecule has 0 radical (unpaired) electrons. The number of aliphatic hydroxyl groups is 1. The summed E-state index contributed by atoms with van der Waals surface area (Å²) in [5.41, 5.74) is 3.54. The van der Waals surface area contributed by atoms with Crippen LogP contribution in [0.15, 0.2) is 243 Å². The molecule has 0 amide bonds. The summed E-state index contributed by atoms with van der Waals surface area (Å²) in [7, 11) is 1.50. The number of rotatable bonds is 25. The first-order valence-corrected chi connectivity index (χ1v) is 31.4. The second kappa shape index (κ2) is 32.5. The summed E-state index contributed by atoms with van der Waals surface area (Å²) in [6.45, 7) is -0.610. The fraction of sp³-hybridized carbons (Fsp3) is 0.307. The van der Waals surface area contributed by atoms with Crippen molar-refractivity contribution in [1.29, 1.82) is 0 Å². The lowest BCUT2D eigenvalue weighted by Gasteiger charge is -2.52. The van der Waals surface area contributed by atoms with Crippen LogP contribution in [0.25, 0.3) is 0 Å². The van der Waals surface area contributed by atoms with E-state index < -0.39 is 129 Å². The van der Waals surface area contributed by atoms with E-state index in [0.717, 1.165) is 16.7 Å². The van der Waals surface area contributed by atoms with Crippen LogP contribution in [0, 0.1) is 0 Å². The van der Waals surface area contributed by atoms with Crippen LogP contribution in [0.3, 0.4) is 0 Å². The lowest BCUT2D eigenvalue weighted by Crippen LogP contribution is -2.69. The number of methoxy groups -OCH3 is 1. The summed E-state index contributed by atoms with van der Waals surface area (Å²) in [6.07, 6.45) is -23.0. The third-order valence-corrected chi connectivity index (χ3v) is 16.5. The molecule has 0 bridgehead atoms.